The van der Waals surface area contributed by atoms with Crippen LogP contribution in [0, 0.1) is 0 Å². The van der Waals surface area contributed by atoms with Gasteiger partial charge in [-0.25, -0.2) is 8.42 Å². The number of rotatable bonds is 12. The van der Waals surface area contributed by atoms with Crippen LogP contribution in [0.1, 0.15) is 12.0 Å². The fraction of sp³-hybridized carbons (Fsp3) is 0.500. The molecule has 34 heavy (non-hydrogen) atoms. The first-order chi connectivity index (χ1) is 16.3. The molecule has 1 N–H and O–H groups in total. The van der Waals surface area contributed by atoms with Gasteiger partial charge in [0.2, 0.25) is 5.75 Å². The fourth-order valence-electron chi connectivity index (χ4n) is 4.06. The predicted octanol–water partition coefficient (Wildman–Crippen LogP) is 2.15. The Morgan fingerprint density at radius 1 is 0.971 bits per heavy atom. The van der Waals surface area contributed by atoms with E-state index in [0.717, 1.165) is 5.56 Å². The molecule has 1 saturated heterocycles. The van der Waals surface area contributed by atoms with E-state index in [-0.39, 0.29) is 30.7 Å². The summed E-state index contributed by atoms with van der Waals surface area (Å²) in [6.07, 6.45) is -0.314. The van der Waals surface area contributed by atoms with Crippen molar-refractivity contribution in [2.45, 2.75) is 25.1 Å². The standard InChI is InChI=1S/C24H33NO8S/c1-29-20-5-7-21(8-6-20)33-15-19(26)14-25(18-9-10-34(27,28)16-18)13-17-11-22(30-2)24(32-4)23(12-17)31-3/h5-8,11-12,18-19,26H,9-10,13-16H2,1-4H3. The second-order valence-electron chi connectivity index (χ2n) is 8.16. The quantitative estimate of drug-likeness (QED) is 0.474. The molecule has 0 spiro atoms. The van der Waals surface area contributed by atoms with Gasteiger partial charge in [-0.3, -0.25) is 4.90 Å². The SMILES string of the molecule is COc1ccc(OCC(O)CN(Cc2cc(OC)c(OC)c(OC)c2)C2CCS(=O)(=O)C2)cc1. The fourth-order valence-corrected chi connectivity index (χ4v) is 5.82. The predicted molar refractivity (Wildman–Crippen MR) is 128 cm³/mol. The summed E-state index contributed by atoms with van der Waals surface area (Å²) < 4.78 is 51.4. The summed E-state index contributed by atoms with van der Waals surface area (Å²) in [6.45, 7) is 0.709. The highest BCUT2D eigenvalue weighted by atomic mass is 32.2. The molecule has 1 aliphatic rings. The maximum Gasteiger partial charge on any atom is 0.203 e. The summed E-state index contributed by atoms with van der Waals surface area (Å²) in [7, 11) is 3.11. The number of ether oxygens (including phenoxy) is 5. The van der Waals surface area contributed by atoms with Crippen LogP contribution in [0.5, 0.6) is 28.7 Å². The van der Waals surface area contributed by atoms with E-state index in [2.05, 4.69) is 0 Å². The van der Waals surface area contributed by atoms with Crippen LogP contribution in [0.25, 0.3) is 0 Å². The van der Waals surface area contributed by atoms with Crippen LogP contribution < -0.4 is 23.7 Å². The van der Waals surface area contributed by atoms with Crippen LogP contribution >= 0.6 is 0 Å². The maximum absolute atomic E-state index is 12.2. The first-order valence-corrected chi connectivity index (χ1v) is 12.8. The molecule has 0 saturated carbocycles. The van der Waals surface area contributed by atoms with E-state index in [1.807, 2.05) is 17.0 Å². The number of hydrogen-bond donors (Lipinski definition) is 1. The highest BCUT2D eigenvalue weighted by Crippen LogP contribution is 2.38. The Hall–Kier alpha value is -2.69. The van der Waals surface area contributed by atoms with Crippen molar-refractivity contribution in [3.63, 3.8) is 0 Å². The van der Waals surface area contributed by atoms with Gasteiger partial charge in [0.05, 0.1) is 39.9 Å². The van der Waals surface area contributed by atoms with E-state index >= 15 is 0 Å². The largest absolute Gasteiger partial charge is 0.497 e. The summed E-state index contributed by atoms with van der Waals surface area (Å²) in [5.74, 6) is 3.03. The zero-order valence-corrected chi connectivity index (χ0v) is 20.8. The minimum Gasteiger partial charge on any atom is -0.497 e. The van der Waals surface area contributed by atoms with Gasteiger partial charge in [-0.2, -0.15) is 0 Å². The van der Waals surface area contributed by atoms with Gasteiger partial charge in [-0.1, -0.05) is 0 Å². The molecule has 188 valence electrons. The number of benzene rings is 2. The van der Waals surface area contributed by atoms with Crippen LogP contribution in [0.15, 0.2) is 36.4 Å². The molecule has 0 aliphatic carbocycles. The van der Waals surface area contributed by atoms with Crippen molar-refractivity contribution >= 4 is 9.84 Å². The summed E-state index contributed by atoms with van der Waals surface area (Å²) in [5.41, 5.74) is 0.849. The maximum atomic E-state index is 12.2. The summed E-state index contributed by atoms with van der Waals surface area (Å²) in [4.78, 5) is 1.98. The minimum absolute atomic E-state index is 0.0590. The van der Waals surface area contributed by atoms with Crippen molar-refractivity contribution in [2.75, 3.05) is 53.1 Å². The highest BCUT2D eigenvalue weighted by Gasteiger charge is 2.33. The molecule has 9 nitrogen and oxygen atoms in total. The highest BCUT2D eigenvalue weighted by molar-refractivity contribution is 7.91. The Labute approximate surface area is 201 Å². The number of aliphatic hydroxyl groups is 1. The molecular formula is C24H33NO8S. The average molecular weight is 496 g/mol. The van der Waals surface area contributed by atoms with Gasteiger partial charge >= 0.3 is 0 Å². The molecule has 1 fully saturated rings. The number of sulfone groups is 1. The van der Waals surface area contributed by atoms with Crippen LogP contribution in [0.4, 0.5) is 0 Å². The van der Waals surface area contributed by atoms with Crippen LogP contribution in [-0.2, 0) is 16.4 Å². The van der Waals surface area contributed by atoms with Crippen LogP contribution in [0.3, 0.4) is 0 Å². The van der Waals surface area contributed by atoms with Gasteiger partial charge < -0.3 is 28.8 Å². The van der Waals surface area contributed by atoms with Crippen LogP contribution in [-0.4, -0.2) is 83.7 Å². The molecule has 2 aromatic rings. The Morgan fingerprint density at radius 2 is 1.59 bits per heavy atom. The summed E-state index contributed by atoms with van der Waals surface area (Å²) in [6, 6.07) is 10.5. The van der Waals surface area contributed by atoms with Gasteiger partial charge in [-0.05, 0) is 48.4 Å². The summed E-state index contributed by atoms with van der Waals surface area (Å²) >= 11 is 0. The summed E-state index contributed by atoms with van der Waals surface area (Å²) in [5, 5.41) is 10.7. The van der Waals surface area contributed by atoms with Gasteiger partial charge in [0, 0.05) is 19.1 Å². The Bertz CT molecular complexity index is 1020. The molecular weight excluding hydrogens is 462 g/mol. The molecule has 0 aromatic heterocycles. The van der Waals surface area contributed by atoms with Crippen molar-refractivity contribution in [3.05, 3.63) is 42.0 Å². The molecule has 0 bridgehead atoms. The molecule has 0 radical (unpaired) electrons. The number of methoxy groups -OCH3 is 4. The van der Waals surface area contributed by atoms with E-state index in [0.29, 0.717) is 41.7 Å². The van der Waals surface area contributed by atoms with Crippen molar-refractivity contribution in [3.8, 4) is 28.7 Å². The Morgan fingerprint density at radius 3 is 2.09 bits per heavy atom. The minimum atomic E-state index is -3.10. The van der Waals surface area contributed by atoms with Gasteiger partial charge in [0.1, 0.15) is 24.2 Å². The molecule has 1 aliphatic heterocycles. The third-order valence-corrected chi connectivity index (χ3v) is 7.53. The zero-order chi connectivity index (χ0) is 24.7. The van der Waals surface area contributed by atoms with Crippen molar-refractivity contribution in [2.24, 2.45) is 0 Å². The molecule has 3 rings (SSSR count). The van der Waals surface area contributed by atoms with E-state index in [4.69, 9.17) is 23.7 Å². The lowest BCUT2D eigenvalue weighted by Gasteiger charge is -2.30. The van der Waals surface area contributed by atoms with Crippen molar-refractivity contribution in [1.82, 2.24) is 4.90 Å². The number of aliphatic hydroxyl groups excluding tert-OH is 1. The number of hydrogen-bond acceptors (Lipinski definition) is 9. The van der Waals surface area contributed by atoms with E-state index < -0.39 is 15.9 Å². The van der Waals surface area contributed by atoms with Crippen molar-refractivity contribution in [1.29, 1.82) is 0 Å². The molecule has 1 heterocycles. The third-order valence-electron chi connectivity index (χ3n) is 5.78. The lowest BCUT2D eigenvalue weighted by Crippen LogP contribution is -2.42. The normalized spacial score (nSPS) is 17.9. The molecule has 2 aromatic carbocycles. The molecule has 2 unspecified atom stereocenters. The average Bonchev–Trinajstić information content (AvgIpc) is 3.21. The van der Waals surface area contributed by atoms with Gasteiger partial charge in [0.25, 0.3) is 0 Å². The van der Waals surface area contributed by atoms with Crippen LogP contribution in [0.2, 0.25) is 0 Å². The first-order valence-electron chi connectivity index (χ1n) is 11.0. The zero-order valence-electron chi connectivity index (χ0n) is 20.0. The Kier molecular flexibility index (Phi) is 8.87. The third kappa shape index (κ3) is 6.68. The first kappa shape index (κ1) is 25.9. The smallest absolute Gasteiger partial charge is 0.203 e. The second-order valence-corrected chi connectivity index (χ2v) is 10.4. The monoisotopic (exact) mass is 495 g/mol. The molecule has 2 atom stereocenters. The lowest BCUT2D eigenvalue weighted by molar-refractivity contribution is 0.0524. The second kappa shape index (κ2) is 11.6. The number of nitrogens with zero attached hydrogens (tertiary/aromatic N) is 1. The van der Waals surface area contributed by atoms with E-state index in [9.17, 15) is 13.5 Å². The van der Waals surface area contributed by atoms with E-state index in [1.54, 1.807) is 45.6 Å². The van der Waals surface area contributed by atoms with E-state index in [1.165, 1.54) is 7.11 Å². The van der Waals surface area contributed by atoms with Crippen molar-refractivity contribution < 1.29 is 37.2 Å². The molecule has 10 heteroatoms. The molecule has 0 amide bonds. The topological polar surface area (TPSA) is 104 Å². The Balaban J connectivity index is 1.75. The van der Waals surface area contributed by atoms with Gasteiger partial charge in [-0.15, -0.1) is 0 Å². The van der Waals surface area contributed by atoms with Gasteiger partial charge in [0.15, 0.2) is 21.3 Å². The lowest BCUT2D eigenvalue weighted by atomic mass is 10.1.